The topological polar surface area (TPSA) is 98.3 Å². The van der Waals surface area contributed by atoms with E-state index < -0.39 is 0 Å². The molecule has 8 nitrogen and oxygen atoms in total. The molecule has 0 spiro atoms. The molecule has 0 saturated heterocycles. The van der Waals surface area contributed by atoms with Gasteiger partial charge in [0.1, 0.15) is 29.1 Å². The Labute approximate surface area is 184 Å². The number of amides is 2. The van der Waals surface area contributed by atoms with E-state index in [0.717, 1.165) is 16.7 Å². The number of fused-ring (bicyclic) bond motifs is 1. The molecular formula is C22H22ClN3O5. The van der Waals surface area contributed by atoms with Gasteiger partial charge in [-0.2, -0.15) is 5.10 Å². The highest BCUT2D eigenvalue weighted by Crippen LogP contribution is 2.42. The first-order chi connectivity index (χ1) is 15.0. The number of methoxy groups -OCH3 is 2. The number of carbonyl (C=O) groups excluding carboxylic acids is 2. The third kappa shape index (κ3) is 4.44. The largest absolute Gasteiger partial charge is 0.497 e. The average Bonchev–Trinajstić information content (AvgIpc) is 3.21. The summed E-state index contributed by atoms with van der Waals surface area (Å²) in [6.45, 7) is 0.300. The monoisotopic (exact) mass is 443 g/mol. The Hall–Kier alpha value is -3.26. The average molecular weight is 444 g/mol. The van der Waals surface area contributed by atoms with Gasteiger partial charge < -0.3 is 19.5 Å². The standard InChI is InChI=1S/C22H22ClN3O5/c1-29-14-3-5-19(30-2)16(10-14)12-7-13-8-15(31-21(13)17(23)9-12)11-24-22(28)18-4-6-20(27)26-25-18/h3,5,7,9-10,15H,4,6,8,11H2,1-2H3,(H,24,28)(H,26,27)/t15-/m0/s1. The third-order valence-electron chi connectivity index (χ3n) is 5.23. The number of hydrogen-bond acceptors (Lipinski definition) is 6. The Bertz CT molecular complexity index is 1070. The lowest BCUT2D eigenvalue weighted by molar-refractivity contribution is -0.121. The summed E-state index contributed by atoms with van der Waals surface area (Å²) in [7, 11) is 3.23. The Balaban J connectivity index is 1.48. The van der Waals surface area contributed by atoms with Gasteiger partial charge in [-0.15, -0.1) is 0 Å². The lowest BCUT2D eigenvalue weighted by Gasteiger charge is -2.15. The van der Waals surface area contributed by atoms with Crippen LogP contribution in [0, 0.1) is 0 Å². The van der Waals surface area contributed by atoms with Crippen LogP contribution in [0.15, 0.2) is 35.4 Å². The molecule has 0 aromatic heterocycles. The molecule has 31 heavy (non-hydrogen) atoms. The van der Waals surface area contributed by atoms with Crippen molar-refractivity contribution in [3.63, 3.8) is 0 Å². The predicted octanol–water partition coefficient (Wildman–Crippen LogP) is 2.71. The quantitative estimate of drug-likeness (QED) is 0.715. The number of hydrogen-bond donors (Lipinski definition) is 2. The van der Waals surface area contributed by atoms with Crippen LogP contribution in [0.25, 0.3) is 11.1 Å². The maximum absolute atomic E-state index is 12.3. The molecule has 0 unspecified atom stereocenters. The molecule has 2 aliphatic heterocycles. The highest BCUT2D eigenvalue weighted by molar-refractivity contribution is 6.39. The van der Waals surface area contributed by atoms with E-state index in [9.17, 15) is 9.59 Å². The van der Waals surface area contributed by atoms with E-state index in [4.69, 9.17) is 25.8 Å². The summed E-state index contributed by atoms with van der Waals surface area (Å²) in [4.78, 5) is 23.4. The van der Waals surface area contributed by atoms with E-state index >= 15 is 0 Å². The lowest BCUT2D eigenvalue weighted by atomic mass is 9.99. The van der Waals surface area contributed by atoms with Crippen molar-refractivity contribution in [3.8, 4) is 28.4 Å². The summed E-state index contributed by atoms with van der Waals surface area (Å²) >= 11 is 6.51. The summed E-state index contributed by atoms with van der Waals surface area (Å²) in [6, 6.07) is 9.43. The van der Waals surface area contributed by atoms with E-state index in [1.165, 1.54) is 0 Å². The first-order valence-electron chi connectivity index (χ1n) is 9.83. The molecule has 0 saturated carbocycles. The van der Waals surface area contributed by atoms with Crippen molar-refractivity contribution in [2.75, 3.05) is 20.8 Å². The number of halogens is 1. The second-order valence-corrected chi connectivity index (χ2v) is 7.67. The molecule has 2 aliphatic rings. The second-order valence-electron chi connectivity index (χ2n) is 7.26. The Kier molecular flexibility index (Phi) is 5.99. The number of nitrogens with zero attached hydrogens (tertiary/aromatic N) is 1. The first-order valence-corrected chi connectivity index (χ1v) is 10.2. The van der Waals surface area contributed by atoms with E-state index in [-0.39, 0.29) is 24.3 Å². The summed E-state index contributed by atoms with van der Waals surface area (Å²) in [6.07, 6.45) is 0.918. The number of carbonyl (C=O) groups is 2. The number of rotatable bonds is 6. The van der Waals surface area contributed by atoms with Crippen molar-refractivity contribution in [3.05, 3.63) is 40.9 Å². The molecule has 0 radical (unpaired) electrons. The highest BCUT2D eigenvalue weighted by atomic mass is 35.5. The predicted molar refractivity (Wildman–Crippen MR) is 116 cm³/mol. The van der Waals surface area contributed by atoms with E-state index in [2.05, 4.69) is 15.8 Å². The van der Waals surface area contributed by atoms with Gasteiger partial charge in [0.25, 0.3) is 5.91 Å². The van der Waals surface area contributed by atoms with Gasteiger partial charge in [-0.05, 0) is 35.9 Å². The van der Waals surface area contributed by atoms with Crippen LogP contribution in [-0.4, -0.2) is 44.4 Å². The Morgan fingerprint density at radius 1 is 1.26 bits per heavy atom. The molecular weight excluding hydrogens is 422 g/mol. The SMILES string of the molecule is COc1ccc(OC)c(-c2cc(Cl)c3c(c2)C[C@@H](CNC(=O)C2=NNC(=O)CC2)O3)c1. The Morgan fingerprint density at radius 3 is 2.81 bits per heavy atom. The fourth-order valence-corrected chi connectivity index (χ4v) is 3.93. The van der Waals surface area contributed by atoms with Crippen LogP contribution in [0.3, 0.4) is 0 Å². The molecule has 2 amide bonds. The molecule has 0 bridgehead atoms. The molecule has 2 aromatic carbocycles. The first kappa shape index (κ1) is 21.0. The fraction of sp³-hybridized carbons (Fsp3) is 0.318. The maximum atomic E-state index is 12.3. The zero-order chi connectivity index (χ0) is 22.0. The normalized spacial score (nSPS) is 17.2. The minimum atomic E-state index is -0.313. The van der Waals surface area contributed by atoms with Gasteiger partial charge in [0, 0.05) is 30.4 Å². The molecule has 162 valence electrons. The minimum Gasteiger partial charge on any atom is -0.497 e. The number of hydrazone groups is 1. The molecule has 1 atom stereocenters. The van der Waals surface area contributed by atoms with Crippen LogP contribution in [0.2, 0.25) is 5.02 Å². The lowest BCUT2D eigenvalue weighted by Crippen LogP contribution is -2.41. The van der Waals surface area contributed by atoms with Gasteiger partial charge in [0.2, 0.25) is 5.91 Å². The van der Waals surface area contributed by atoms with Crippen LogP contribution in [0.4, 0.5) is 0 Å². The molecule has 0 fully saturated rings. The van der Waals surface area contributed by atoms with Crippen molar-refractivity contribution in [2.24, 2.45) is 5.10 Å². The van der Waals surface area contributed by atoms with Crippen LogP contribution in [0.1, 0.15) is 18.4 Å². The minimum absolute atomic E-state index is 0.191. The van der Waals surface area contributed by atoms with Crippen molar-refractivity contribution < 1.29 is 23.8 Å². The number of nitrogens with one attached hydrogen (secondary N) is 2. The van der Waals surface area contributed by atoms with Crippen LogP contribution in [0.5, 0.6) is 17.2 Å². The van der Waals surface area contributed by atoms with Crippen molar-refractivity contribution >= 4 is 29.1 Å². The van der Waals surface area contributed by atoms with Gasteiger partial charge in [0.15, 0.2) is 0 Å². The number of ether oxygens (including phenoxy) is 3. The van der Waals surface area contributed by atoms with Crippen molar-refractivity contribution in [2.45, 2.75) is 25.4 Å². The van der Waals surface area contributed by atoms with E-state index in [0.29, 0.717) is 47.4 Å². The summed E-state index contributed by atoms with van der Waals surface area (Å²) in [5, 5.41) is 7.11. The van der Waals surface area contributed by atoms with Crippen LogP contribution < -0.4 is 25.0 Å². The zero-order valence-electron chi connectivity index (χ0n) is 17.2. The molecule has 9 heteroatoms. The summed E-state index contributed by atoms with van der Waals surface area (Å²) < 4.78 is 16.8. The zero-order valence-corrected chi connectivity index (χ0v) is 17.9. The number of benzene rings is 2. The third-order valence-corrected chi connectivity index (χ3v) is 5.51. The second kappa shape index (κ2) is 8.85. The smallest absolute Gasteiger partial charge is 0.267 e. The van der Waals surface area contributed by atoms with Gasteiger partial charge in [0.05, 0.1) is 25.8 Å². The molecule has 4 rings (SSSR count). The van der Waals surface area contributed by atoms with Crippen molar-refractivity contribution in [1.29, 1.82) is 0 Å². The van der Waals surface area contributed by atoms with Crippen LogP contribution in [-0.2, 0) is 16.0 Å². The summed E-state index contributed by atoms with van der Waals surface area (Å²) in [5.41, 5.74) is 5.33. The van der Waals surface area contributed by atoms with Crippen LogP contribution >= 0.6 is 11.6 Å². The van der Waals surface area contributed by atoms with Gasteiger partial charge in [-0.1, -0.05) is 11.6 Å². The maximum Gasteiger partial charge on any atom is 0.267 e. The molecule has 0 aliphatic carbocycles. The van der Waals surface area contributed by atoms with E-state index in [1.54, 1.807) is 14.2 Å². The van der Waals surface area contributed by atoms with Gasteiger partial charge in [-0.25, -0.2) is 5.43 Å². The van der Waals surface area contributed by atoms with Gasteiger partial charge >= 0.3 is 0 Å². The highest BCUT2D eigenvalue weighted by Gasteiger charge is 2.28. The van der Waals surface area contributed by atoms with Crippen molar-refractivity contribution in [1.82, 2.24) is 10.7 Å². The molecule has 2 aromatic rings. The Morgan fingerprint density at radius 2 is 2.10 bits per heavy atom. The fourth-order valence-electron chi connectivity index (χ4n) is 3.64. The molecule has 2 N–H and O–H groups in total. The molecule has 2 heterocycles. The van der Waals surface area contributed by atoms with E-state index in [1.807, 2.05) is 30.3 Å². The van der Waals surface area contributed by atoms with Gasteiger partial charge in [-0.3, -0.25) is 9.59 Å². The summed E-state index contributed by atoms with van der Waals surface area (Å²) in [5.74, 6) is 1.54.